The Morgan fingerprint density at radius 1 is 1.47 bits per heavy atom. The van der Waals surface area contributed by atoms with Gasteiger partial charge in [-0.1, -0.05) is 24.9 Å². The van der Waals surface area contributed by atoms with Gasteiger partial charge in [-0.3, -0.25) is 14.3 Å². The van der Waals surface area contributed by atoms with Gasteiger partial charge in [-0.25, -0.2) is 9.78 Å². The van der Waals surface area contributed by atoms with Crippen LogP contribution in [0, 0.1) is 6.92 Å². The second kappa shape index (κ2) is 5.71. The monoisotopic (exact) mass is 299 g/mol. The van der Waals surface area contributed by atoms with Gasteiger partial charge in [-0.05, 0) is 13.3 Å². The van der Waals surface area contributed by atoms with Crippen LogP contribution in [0.25, 0.3) is 0 Å². The first-order valence-electron chi connectivity index (χ1n) is 5.95. The molecular weight excluding hydrogens is 286 g/mol. The zero-order valence-corrected chi connectivity index (χ0v) is 12.3. The molecule has 0 atom stereocenters. The van der Waals surface area contributed by atoms with E-state index in [9.17, 15) is 9.59 Å². The molecule has 0 saturated carbocycles. The second-order valence-electron chi connectivity index (χ2n) is 4.22. The minimum Gasteiger partial charge on any atom is -0.297 e. The average Bonchev–Trinajstić information content (AvgIpc) is 2.76. The lowest BCUT2D eigenvalue weighted by Gasteiger charge is -2.07. The van der Waals surface area contributed by atoms with Gasteiger partial charge in [0.25, 0.3) is 5.56 Å². The molecule has 102 valence electrons. The molecule has 0 spiro atoms. The highest BCUT2D eigenvalue weighted by Crippen LogP contribution is 2.13. The van der Waals surface area contributed by atoms with E-state index in [4.69, 9.17) is 11.6 Å². The summed E-state index contributed by atoms with van der Waals surface area (Å²) in [6.45, 7) is 4.05. The van der Waals surface area contributed by atoms with Crippen molar-refractivity contribution in [2.75, 3.05) is 0 Å². The molecule has 2 aromatic heterocycles. The molecule has 0 aliphatic heterocycles. The first-order valence-corrected chi connectivity index (χ1v) is 7.20. The molecular formula is C12H14ClN3O2S. The molecule has 0 aliphatic rings. The van der Waals surface area contributed by atoms with Gasteiger partial charge in [0.1, 0.15) is 5.15 Å². The number of hydrogen-bond acceptors (Lipinski definition) is 4. The first-order chi connectivity index (χ1) is 9.04. The van der Waals surface area contributed by atoms with Crippen LogP contribution < -0.4 is 11.2 Å². The number of halogens is 1. The summed E-state index contributed by atoms with van der Waals surface area (Å²) < 4.78 is 1.18. The molecule has 0 aliphatic carbocycles. The summed E-state index contributed by atoms with van der Waals surface area (Å²) in [5.41, 5.74) is 2.20. The molecule has 5 nitrogen and oxygen atoms in total. The van der Waals surface area contributed by atoms with Crippen molar-refractivity contribution in [3.8, 4) is 0 Å². The van der Waals surface area contributed by atoms with Crippen LogP contribution in [-0.4, -0.2) is 14.5 Å². The Morgan fingerprint density at radius 2 is 2.21 bits per heavy atom. The van der Waals surface area contributed by atoms with Crippen molar-refractivity contribution >= 4 is 22.9 Å². The van der Waals surface area contributed by atoms with Gasteiger partial charge < -0.3 is 0 Å². The third kappa shape index (κ3) is 2.79. The number of H-pyrrole nitrogens is 1. The van der Waals surface area contributed by atoms with Gasteiger partial charge in [0, 0.05) is 4.88 Å². The Morgan fingerprint density at radius 3 is 2.79 bits per heavy atom. The van der Waals surface area contributed by atoms with Gasteiger partial charge in [-0.15, -0.1) is 11.3 Å². The zero-order chi connectivity index (χ0) is 14.0. The molecule has 0 radical (unpaired) electrons. The van der Waals surface area contributed by atoms with E-state index < -0.39 is 5.69 Å². The van der Waals surface area contributed by atoms with E-state index in [1.807, 2.05) is 13.8 Å². The molecule has 0 fully saturated rings. The summed E-state index contributed by atoms with van der Waals surface area (Å²) in [5.74, 6) is 0. The molecule has 2 aromatic rings. The molecule has 1 N–H and O–H groups in total. The van der Waals surface area contributed by atoms with Gasteiger partial charge in [0.15, 0.2) is 0 Å². The largest absolute Gasteiger partial charge is 0.329 e. The lowest BCUT2D eigenvalue weighted by atomic mass is 10.2. The van der Waals surface area contributed by atoms with E-state index in [0.29, 0.717) is 12.0 Å². The van der Waals surface area contributed by atoms with Crippen molar-refractivity contribution in [1.29, 1.82) is 0 Å². The smallest absolute Gasteiger partial charge is 0.297 e. The fraction of sp³-hybridized carbons (Fsp3) is 0.417. The van der Waals surface area contributed by atoms with Crippen LogP contribution in [-0.2, 0) is 13.0 Å². The van der Waals surface area contributed by atoms with Crippen LogP contribution in [0.3, 0.4) is 0 Å². The lowest BCUT2D eigenvalue weighted by molar-refractivity contribution is 0.684. The predicted octanol–water partition coefficient (Wildman–Crippen LogP) is 1.96. The van der Waals surface area contributed by atoms with Gasteiger partial charge in [0.05, 0.1) is 23.3 Å². The van der Waals surface area contributed by atoms with E-state index in [0.717, 1.165) is 17.0 Å². The SMILES string of the molecule is CCCc1c(Cl)[nH]c(=O)n(Cc2scnc2C)c1=O. The summed E-state index contributed by atoms with van der Waals surface area (Å²) >= 11 is 7.35. The van der Waals surface area contributed by atoms with E-state index in [-0.39, 0.29) is 17.3 Å². The molecule has 0 amide bonds. The first kappa shape index (κ1) is 14.0. The Kier molecular flexibility index (Phi) is 4.21. The van der Waals surface area contributed by atoms with Crippen molar-refractivity contribution in [3.05, 3.63) is 47.6 Å². The Hall–Kier alpha value is -1.40. The van der Waals surface area contributed by atoms with Crippen molar-refractivity contribution in [2.45, 2.75) is 33.2 Å². The number of thiazole rings is 1. The Balaban J connectivity index is 2.52. The Bertz CT molecular complexity index is 702. The summed E-state index contributed by atoms with van der Waals surface area (Å²) in [6.07, 6.45) is 1.34. The highest BCUT2D eigenvalue weighted by atomic mass is 35.5. The highest BCUT2D eigenvalue weighted by molar-refractivity contribution is 7.09. The summed E-state index contributed by atoms with van der Waals surface area (Å²) in [7, 11) is 0. The molecule has 7 heteroatoms. The highest BCUT2D eigenvalue weighted by Gasteiger charge is 2.13. The standard InChI is InChI=1S/C12H14ClN3O2S/c1-3-4-8-10(13)15-12(18)16(11(8)17)5-9-7(2)14-6-19-9/h6H,3-5H2,1-2H3,(H,15,18). The van der Waals surface area contributed by atoms with Crippen LogP contribution >= 0.6 is 22.9 Å². The predicted molar refractivity (Wildman–Crippen MR) is 76.3 cm³/mol. The topological polar surface area (TPSA) is 67.8 Å². The fourth-order valence-electron chi connectivity index (χ4n) is 1.82. The fourth-order valence-corrected chi connectivity index (χ4v) is 2.84. The molecule has 0 bridgehead atoms. The number of hydrogen-bond donors (Lipinski definition) is 1. The van der Waals surface area contributed by atoms with Crippen molar-refractivity contribution in [1.82, 2.24) is 14.5 Å². The third-order valence-electron chi connectivity index (χ3n) is 2.88. The number of aryl methyl sites for hydroxylation is 1. The summed E-state index contributed by atoms with van der Waals surface area (Å²) in [5, 5.41) is 0.147. The molecule has 0 unspecified atom stereocenters. The molecule has 2 rings (SSSR count). The van der Waals surface area contributed by atoms with Crippen LogP contribution in [0.5, 0.6) is 0 Å². The van der Waals surface area contributed by atoms with Crippen molar-refractivity contribution in [3.63, 3.8) is 0 Å². The maximum atomic E-state index is 12.3. The minimum atomic E-state index is -0.484. The lowest BCUT2D eigenvalue weighted by Crippen LogP contribution is -2.37. The number of rotatable bonds is 4. The van der Waals surface area contributed by atoms with E-state index in [1.54, 1.807) is 5.51 Å². The quantitative estimate of drug-likeness (QED) is 0.878. The minimum absolute atomic E-state index is 0.147. The second-order valence-corrected chi connectivity index (χ2v) is 5.54. The van der Waals surface area contributed by atoms with Gasteiger partial charge in [0.2, 0.25) is 0 Å². The van der Waals surface area contributed by atoms with Crippen molar-refractivity contribution in [2.24, 2.45) is 0 Å². The Labute approximate surface area is 118 Å². The maximum absolute atomic E-state index is 12.3. The number of aromatic amines is 1. The van der Waals surface area contributed by atoms with Crippen LogP contribution in [0.4, 0.5) is 0 Å². The third-order valence-corrected chi connectivity index (χ3v) is 4.12. The maximum Gasteiger partial charge on any atom is 0.329 e. The van der Waals surface area contributed by atoms with Crippen LogP contribution in [0.1, 0.15) is 29.5 Å². The summed E-state index contributed by atoms with van der Waals surface area (Å²) in [6, 6.07) is 0. The normalized spacial score (nSPS) is 10.9. The average molecular weight is 300 g/mol. The molecule has 2 heterocycles. The summed E-state index contributed by atoms with van der Waals surface area (Å²) in [4.78, 5) is 31.7. The van der Waals surface area contributed by atoms with Gasteiger partial charge >= 0.3 is 5.69 Å². The van der Waals surface area contributed by atoms with E-state index in [2.05, 4.69) is 9.97 Å². The zero-order valence-electron chi connectivity index (χ0n) is 10.7. The molecule has 19 heavy (non-hydrogen) atoms. The van der Waals surface area contributed by atoms with Crippen LogP contribution in [0.2, 0.25) is 5.15 Å². The van der Waals surface area contributed by atoms with E-state index in [1.165, 1.54) is 15.9 Å². The van der Waals surface area contributed by atoms with E-state index >= 15 is 0 Å². The molecule has 0 aromatic carbocycles. The molecule has 0 saturated heterocycles. The van der Waals surface area contributed by atoms with Gasteiger partial charge in [-0.2, -0.15) is 0 Å². The number of nitrogens with zero attached hydrogens (tertiary/aromatic N) is 2. The number of aromatic nitrogens is 3. The van der Waals surface area contributed by atoms with Crippen LogP contribution in [0.15, 0.2) is 15.1 Å². The van der Waals surface area contributed by atoms with Crippen molar-refractivity contribution < 1.29 is 0 Å². The number of nitrogens with one attached hydrogen (secondary N) is 1.